The van der Waals surface area contributed by atoms with Crippen molar-refractivity contribution in [1.82, 2.24) is 4.98 Å². The van der Waals surface area contributed by atoms with E-state index in [2.05, 4.69) is 10.3 Å². The number of aromatic nitrogens is 1. The summed E-state index contributed by atoms with van der Waals surface area (Å²) >= 11 is 0. The van der Waals surface area contributed by atoms with Crippen molar-refractivity contribution >= 4 is 34.9 Å². The molecule has 1 N–H and O–H groups in total. The van der Waals surface area contributed by atoms with Gasteiger partial charge < -0.3 is 9.88 Å². The SMILES string of the molecule is C[C@H](C(=O)Nc1ccc(P(C)(C)=O)cc1)[C@H]1CC[C@H](c2ccnc3ccc(F)cc32)CC1. The molecule has 0 unspecified atom stereocenters. The van der Waals surface area contributed by atoms with E-state index in [-0.39, 0.29) is 17.6 Å². The van der Waals surface area contributed by atoms with Gasteiger partial charge in [0.1, 0.15) is 13.0 Å². The summed E-state index contributed by atoms with van der Waals surface area (Å²) in [6.45, 7) is 5.48. The van der Waals surface area contributed by atoms with Crippen LogP contribution in [0.4, 0.5) is 10.1 Å². The molecule has 1 atom stereocenters. The number of nitrogens with one attached hydrogen (secondary N) is 1. The van der Waals surface area contributed by atoms with Crippen LogP contribution in [0.1, 0.15) is 44.1 Å². The molecular weight excluding hydrogens is 422 g/mol. The first-order valence-corrected chi connectivity index (χ1v) is 13.8. The van der Waals surface area contributed by atoms with Crippen LogP contribution in [0.15, 0.2) is 54.7 Å². The molecule has 168 valence electrons. The Labute approximate surface area is 189 Å². The normalized spacial score (nSPS) is 20.1. The van der Waals surface area contributed by atoms with Crippen LogP contribution in [0.5, 0.6) is 0 Å². The Morgan fingerprint density at radius 1 is 1.06 bits per heavy atom. The van der Waals surface area contributed by atoms with Crippen LogP contribution < -0.4 is 10.6 Å². The summed E-state index contributed by atoms with van der Waals surface area (Å²) in [6.07, 6.45) is 5.70. The number of halogens is 1. The molecular formula is C26H30FN2O2P. The fraction of sp³-hybridized carbons (Fsp3) is 0.385. The van der Waals surface area contributed by atoms with Gasteiger partial charge in [0.2, 0.25) is 5.91 Å². The van der Waals surface area contributed by atoms with Gasteiger partial charge in [-0.05, 0) is 105 Å². The molecule has 1 fully saturated rings. The predicted molar refractivity (Wildman–Crippen MR) is 130 cm³/mol. The van der Waals surface area contributed by atoms with Crippen molar-refractivity contribution in [3.05, 3.63) is 66.1 Å². The van der Waals surface area contributed by atoms with E-state index in [9.17, 15) is 13.8 Å². The second-order valence-corrected chi connectivity index (χ2v) is 12.6. The second kappa shape index (κ2) is 9.15. The number of hydrogen-bond donors (Lipinski definition) is 1. The molecule has 2 aromatic carbocycles. The van der Waals surface area contributed by atoms with Crippen LogP contribution in [-0.2, 0) is 9.36 Å². The highest BCUT2D eigenvalue weighted by Crippen LogP contribution is 2.41. The first kappa shape index (κ1) is 22.7. The minimum atomic E-state index is -2.30. The van der Waals surface area contributed by atoms with Crippen molar-refractivity contribution in [3.8, 4) is 0 Å². The van der Waals surface area contributed by atoms with Gasteiger partial charge in [-0.15, -0.1) is 0 Å². The van der Waals surface area contributed by atoms with Gasteiger partial charge in [0, 0.05) is 28.5 Å². The maximum absolute atomic E-state index is 13.8. The average Bonchev–Trinajstić information content (AvgIpc) is 2.78. The number of fused-ring (bicyclic) bond motifs is 1. The molecule has 32 heavy (non-hydrogen) atoms. The lowest BCUT2D eigenvalue weighted by atomic mass is 9.73. The molecule has 1 aromatic heterocycles. The van der Waals surface area contributed by atoms with Gasteiger partial charge in [-0.2, -0.15) is 0 Å². The van der Waals surface area contributed by atoms with E-state index in [1.54, 1.807) is 31.7 Å². The molecule has 1 aliphatic rings. The summed E-state index contributed by atoms with van der Waals surface area (Å²) in [6, 6.07) is 14.1. The van der Waals surface area contributed by atoms with E-state index in [1.807, 2.05) is 37.3 Å². The molecule has 1 heterocycles. The van der Waals surface area contributed by atoms with E-state index < -0.39 is 7.14 Å². The monoisotopic (exact) mass is 452 g/mol. The maximum atomic E-state index is 13.8. The van der Waals surface area contributed by atoms with Crippen molar-refractivity contribution in [2.75, 3.05) is 18.6 Å². The van der Waals surface area contributed by atoms with Gasteiger partial charge in [0.15, 0.2) is 0 Å². The topological polar surface area (TPSA) is 59.1 Å². The number of nitrogens with zero attached hydrogens (tertiary/aromatic N) is 1. The summed E-state index contributed by atoms with van der Waals surface area (Å²) in [7, 11) is -2.30. The van der Waals surface area contributed by atoms with Crippen molar-refractivity contribution in [2.45, 2.75) is 38.5 Å². The van der Waals surface area contributed by atoms with Gasteiger partial charge in [0.05, 0.1) is 5.52 Å². The van der Waals surface area contributed by atoms with Gasteiger partial charge >= 0.3 is 0 Å². The molecule has 1 aliphatic carbocycles. The number of carbonyl (C=O) groups excluding carboxylic acids is 1. The van der Waals surface area contributed by atoms with Gasteiger partial charge in [-0.25, -0.2) is 4.39 Å². The van der Waals surface area contributed by atoms with Crippen molar-refractivity contribution in [1.29, 1.82) is 0 Å². The Kier molecular flexibility index (Phi) is 6.48. The van der Waals surface area contributed by atoms with Gasteiger partial charge in [-0.3, -0.25) is 9.78 Å². The molecule has 0 bridgehead atoms. The first-order chi connectivity index (χ1) is 15.2. The zero-order valence-electron chi connectivity index (χ0n) is 18.8. The van der Waals surface area contributed by atoms with Gasteiger partial charge in [-0.1, -0.05) is 6.92 Å². The number of pyridine rings is 1. The fourth-order valence-electron chi connectivity index (χ4n) is 4.80. The van der Waals surface area contributed by atoms with Crippen molar-refractivity contribution in [2.24, 2.45) is 11.8 Å². The van der Waals surface area contributed by atoms with E-state index in [1.165, 1.54) is 6.07 Å². The Morgan fingerprint density at radius 3 is 2.41 bits per heavy atom. The molecule has 3 aromatic rings. The van der Waals surface area contributed by atoms with Crippen LogP contribution in [0.2, 0.25) is 0 Å². The minimum absolute atomic E-state index is 0.0220. The number of benzene rings is 2. The van der Waals surface area contributed by atoms with E-state index >= 15 is 0 Å². The number of hydrogen-bond acceptors (Lipinski definition) is 3. The summed E-state index contributed by atoms with van der Waals surface area (Å²) in [5.41, 5.74) is 2.72. The quantitative estimate of drug-likeness (QED) is 0.471. The molecule has 0 spiro atoms. The zero-order chi connectivity index (χ0) is 22.9. The fourth-order valence-corrected chi connectivity index (χ4v) is 5.67. The molecule has 0 saturated heterocycles. The molecule has 1 amide bonds. The van der Waals surface area contributed by atoms with E-state index in [4.69, 9.17) is 0 Å². The average molecular weight is 453 g/mol. The summed E-state index contributed by atoms with van der Waals surface area (Å²) in [5, 5.41) is 4.72. The van der Waals surface area contributed by atoms with Crippen molar-refractivity contribution in [3.63, 3.8) is 0 Å². The highest BCUT2D eigenvalue weighted by molar-refractivity contribution is 7.70. The van der Waals surface area contributed by atoms with Crippen LogP contribution in [0, 0.1) is 17.7 Å². The lowest BCUT2D eigenvalue weighted by Gasteiger charge is -2.32. The molecule has 6 heteroatoms. The molecule has 4 nitrogen and oxygen atoms in total. The highest BCUT2D eigenvalue weighted by atomic mass is 31.2. The van der Waals surface area contributed by atoms with Crippen molar-refractivity contribution < 1.29 is 13.8 Å². The maximum Gasteiger partial charge on any atom is 0.227 e. The molecule has 1 saturated carbocycles. The third-order valence-corrected chi connectivity index (χ3v) is 8.37. The smallest absolute Gasteiger partial charge is 0.227 e. The summed E-state index contributed by atoms with van der Waals surface area (Å²) in [4.78, 5) is 17.2. The first-order valence-electron chi connectivity index (χ1n) is 11.2. The van der Waals surface area contributed by atoms with E-state index in [0.717, 1.165) is 53.1 Å². The largest absolute Gasteiger partial charge is 0.326 e. The minimum Gasteiger partial charge on any atom is -0.326 e. The number of amides is 1. The third-order valence-electron chi connectivity index (χ3n) is 6.83. The predicted octanol–water partition coefficient (Wildman–Crippen LogP) is 6.17. The van der Waals surface area contributed by atoms with E-state index in [0.29, 0.717) is 11.8 Å². The summed E-state index contributed by atoms with van der Waals surface area (Å²) < 4.78 is 26.0. The van der Waals surface area contributed by atoms with Gasteiger partial charge in [0.25, 0.3) is 0 Å². The van der Waals surface area contributed by atoms with Crippen LogP contribution in [0.3, 0.4) is 0 Å². The Balaban J connectivity index is 1.38. The summed E-state index contributed by atoms with van der Waals surface area (Å²) in [5.74, 6) is 0.376. The Morgan fingerprint density at radius 2 is 1.75 bits per heavy atom. The van der Waals surface area contributed by atoms with Crippen LogP contribution in [0.25, 0.3) is 10.9 Å². The number of carbonyl (C=O) groups is 1. The Hall–Kier alpha value is -2.52. The van der Waals surface area contributed by atoms with Crippen LogP contribution >= 0.6 is 7.14 Å². The molecule has 0 radical (unpaired) electrons. The highest BCUT2D eigenvalue weighted by Gasteiger charge is 2.30. The standard InChI is InChI=1S/C26H30FN2O2P/c1-17(26(30)29-21-9-11-22(12-10-21)32(2,3)31)18-4-6-19(7-5-18)23-14-15-28-25-13-8-20(27)16-24(23)25/h8-19H,4-7H2,1-3H3,(H,29,30)/t17-,18-,19-/m0/s1. The lowest BCUT2D eigenvalue weighted by Crippen LogP contribution is -2.29. The second-order valence-electron chi connectivity index (χ2n) is 9.35. The third kappa shape index (κ3) is 4.94. The molecule has 4 rings (SSSR count). The van der Waals surface area contributed by atoms with Crippen LogP contribution in [-0.4, -0.2) is 24.2 Å². The number of anilines is 1. The Bertz CT molecular complexity index is 1160. The lowest BCUT2D eigenvalue weighted by molar-refractivity contribution is -0.121. The zero-order valence-corrected chi connectivity index (χ0v) is 19.7. The number of rotatable bonds is 5. The molecule has 0 aliphatic heterocycles.